The zero-order valence-electron chi connectivity index (χ0n) is 6.75. The Hall–Kier alpha value is -1.37. The van der Waals surface area contributed by atoms with Gasteiger partial charge in [0.15, 0.2) is 0 Å². The van der Waals surface area contributed by atoms with Gasteiger partial charge < -0.3 is 4.52 Å². The maximum Gasteiger partial charge on any atom is 0.273 e. The molecule has 0 fully saturated rings. The molecular weight excluding hydrogens is 142 g/mol. The van der Waals surface area contributed by atoms with Crippen LogP contribution in [0, 0.1) is 11.3 Å². The molecule has 0 amide bonds. The predicted molar refractivity (Wildman–Crippen MR) is 37.7 cm³/mol. The first kappa shape index (κ1) is 7.73. The fourth-order valence-corrected chi connectivity index (χ4v) is 0.574. The van der Waals surface area contributed by atoms with Crippen LogP contribution >= 0.6 is 0 Å². The second kappa shape index (κ2) is 2.35. The van der Waals surface area contributed by atoms with Gasteiger partial charge in [-0.2, -0.15) is 10.2 Å². The summed E-state index contributed by atoms with van der Waals surface area (Å²) in [6.45, 7) is 5.84. The molecule has 11 heavy (non-hydrogen) atoms. The Morgan fingerprint density at radius 3 is 2.36 bits per heavy atom. The van der Waals surface area contributed by atoms with E-state index in [0.29, 0.717) is 5.89 Å². The molecule has 0 atom stereocenters. The number of nitriles is 1. The highest BCUT2D eigenvalue weighted by molar-refractivity contribution is 5.09. The van der Waals surface area contributed by atoms with Gasteiger partial charge in [0.25, 0.3) is 5.82 Å². The molecule has 1 heterocycles. The summed E-state index contributed by atoms with van der Waals surface area (Å²) in [5, 5.41) is 11.8. The van der Waals surface area contributed by atoms with Crippen LogP contribution in [-0.4, -0.2) is 10.1 Å². The van der Waals surface area contributed by atoms with Crippen LogP contribution in [0.1, 0.15) is 32.5 Å². The molecule has 0 aliphatic carbocycles. The molecule has 1 aromatic rings. The van der Waals surface area contributed by atoms with E-state index in [0.717, 1.165) is 0 Å². The van der Waals surface area contributed by atoms with E-state index >= 15 is 0 Å². The van der Waals surface area contributed by atoms with Crippen molar-refractivity contribution in [2.24, 2.45) is 0 Å². The van der Waals surface area contributed by atoms with Crippen LogP contribution in [0.3, 0.4) is 0 Å². The van der Waals surface area contributed by atoms with E-state index in [1.165, 1.54) is 0 Å². The van der Waals surface area contributed by atoms with Crippen LogP contribution < -0.4 is 0 Å². The topological polar surface area (TPSA) is 62.7 Å². The smallest absolute Gasteiger partial charge is 0.273 e. The highest BCUT2D eigenvalue weighted by Gasteiger charge is 2.21. The van der Waals surface area contributed by atoms with Crippen molar-refractivity contribution in [3.05, 3.63) is 11.7 Å². The Balaban J connectivity index is 3.01. The molecular formula is C7H9N3O. The predicted octanol–water partition coefficient (Wildman–Crippen LogP) is 1.24. The lowest BCUT2D eigenvalue weighted by Crippen LogP contribution is -2.11. The zero-order valence-corrected chi connectivity index (χ0v) is 6.75. The molecule has 58 valence electrons. The molecule has 4 heteroatoms. The van der Waals surface area contributed by atoms with E-state index in [1.54, 1.807) is 6.07 Å². The molecule has 1 aromatic heterocycles. The summed E-state index contributed by atoms with van der Waals surface area (Å²) in [5.74, 6) is 0.587. The molecule has 0 aliphatic rings. The number of nitrogens with zero attached hydrogens (tertiary/aromatic N) is 3. The first-order chi connectivity index (χ1) is 5.04. The highest BCUT2D eigenvalue weighted by atomic mass is 16.5. The molecule has 0 spiro atoms. The Labute approximate surface area is 64.8 Å². The Morgan fingerprint density at radius 2 is 2.09 bits per heavy atom. The van der Waals surface area contributed by atoms with E-state index in [1.807, 2.05) is 20.8 Å². The highest BCUT2D eigenvalue weighted by Crippen LogP contribution is 2.19. The Bertz CT molecular complexity index is 289. The van der Waals surface area contributed by atoms with Crippen molar-refractivity contribution in [2.45, 2.75) is 26.2 Å². The summed E-state index contributed by atoms with van der Waals surface area (Å²) in [5.41, 5.74) is -0.178. The second-order valence-corrected chi connectivity index (χ2v) is 3.28. The van der Waals surface area contributed by atoms with Gasteiger partial charge in [-0.25, -0.2) is 0 Å². The first-order valence-electron chi connectivity index (χ1n) is 3.28. The standard InChI is InChI=1S/C7H9N3O/c1-7(2,3)6-9-5(4-8)10-11-6/h1-3H3. The summed E-state index contributed by atoms with van der Waals surface area (Å²) >= 11 is 0. The first-order valence-corrected chi connectivity index (χ1v) is 3.28. The fourth-order valence-electron chi connectivity index (χ4n) is 0.574. The third kappa shape index (κ3) is 1.55. The van der Waals surface area contributed by atoms with Crippen molar-refractivity contribution in [1.82, 2.24) is 10.1 Å². The van der Waals surface area contributed by atoms with Gasteiger partial charge >= 0.3 is 0 Å². The normalized spacial score (nSPS) is 11.1. The summed E-state index contributed by atoms with van der Waals surface area (Å²) in [7, 11) is 0. The molecule has 0 saturated carbocycles. The van der Waals surface area contributed by atoms with Crippen molar-refractivity contribution in [2.75, 3.05) is 0 Å². The second-order valence-electron chi connectivity index (χ2n) is 3.28. The third-order valence-electron chi connectivity index (χ3n) is 1.17. The monoisotopic (exact) mass is 151 g/mol. The fraction of sp³-hybridized carbons (Fsp3) is 0.571. The summed E-state index contributed by atoms with van der Waals surface area (Å²) in [6, 6.07) is 1.80. The van der Waals surface area contributed by atoms with Crippen molar-refractivity contribution in [3.63, 3.8) is 0 Å². The van der Waals surface area contributed by atoms with Crippen LogP contribution in [0.2, 0.25) is 0 Å². The Kier molecular flexibility index (Phi) is 1.65. The van der Waals surface area contributed by atoms with Gasteiger partial charge in [0.2, 0.25) is 5.89 Å². The SMILES string of the molecule is CC(C)(C)c1nc(C#N)no1. The average molecular weight is 151 g/mol. The molecule has 0 N–H and O–H groups in total. The molecule has 0 radical (unpaired) electrons. The Morgan fingerprint density at radius 1 is 1.45 bits per heavy atom. The maximum absolute atomic E-state index is 8.38. The van der Waals surface area contributed by atoms with Gasteiger partial charge in [0.05, 0.1) is 0 Å². The summed E-state index contributed by atoms with van der Waals surface area (Å²) in [6.07, 6.45) is 0. The van der Waals surface area contributed by atoms with Crippen LogP contribution in [0.5, 0.6) is 0 Å². The van der Waals surface area contributed by atoms with E-state index in [9.17, 15) is 0 Å². The minimum atomic E-state index is -0.178. The minimum absolute atomic E-state index is 0.0925. The number of hydrogen-bond donors (Lipinski definition) is 0. The number of rotatable bonds is 0. The molecule has 4 nitrogen and oxygen atoms in total. The van der Waals surface area contributed by atoms with Crippen molar-refractivity contribution >= 4 is 0 Å². The van der Waals surface area contributed by atoms with Crippen molar-refractivity contribution in [3.8, 4) is 6.07 Å². The van der Waals surface area contributed by atoms with Crippen LogP contribution in [0.4, 0.5) is 0 Å². The largest absolute Gasteiger partial charge is 0.338 e. The van der Waals surface area contributed by atoms with Gasteiger partial charge in [0.1, 0.15) is 6.07 Å². The lowest BCUT2D eigenvalue weighted by molar-refractivity contribution is 0.320. The summed E-state index contributed by atoms with van der Waals surface area (Å²) in [4.78, 5) is 3.86. The van der Waals surface area contributed by atoms with Crippen molar-refractivity contribution < 1.29 is 4.52 Å². The van der Waals surface area contributed by atoms with E-state index in [-0.39, 0.29) is 11.2 Å². The van der Waals surface area contributed by atoms with E-state index < -0.39 is 0 Å². The quantitative estimate of drug-likeness (QED) is 0.559. The average Bonchev–Trinajstić information content (AvgIpc) is 2.32. The van der Waals surface area contributed by atoms with E-state index in [2.05, 4.69) is 10.1 Å². The molecule has 0 unspecified atom stereocenters. The van der Waals surface area contributed by atoms with Gasteiger partial charge in [-0.15, -0.1) is 0 Å². The molecule has 0 saturated heterocycles. The number of aromatic nitrogens is 2. The lowest BCUT2D eigenvalue weighted by Gasteiger charge is -2.09. The minimum Gasteiger partial charge on any atom is -0.338 e. The maximum atomic E-state index is 8.38. The van der Waals surface area contributed by atoms with Gasteiger partial charge in [-0.1, -0.05) is 20.8 Å². The van der Waals surface area contributed by atoms with Gasteiger partial charge in [-0.3, -0.25) is 0 Å². The summed E-state index contributed by atoms with van der Waals surface area (Å²) < 4.78 is 4.84. The van der Waals surface area contributed by atoms with Gasteiger partial charge in [0, 0.05) is 5.41 Å². The van der Waals surface area contributed by atoms with Crippen LogP contribution in [0.25, 0.3) is 0 Å². The van der Waals surface area contributed by atoms with E-state index in [4.69, 9.17) is 9.78 Å². The number of hydrogen-bond acceptors (Lipinski definition) is 4. The van der Waals surface area contributed by atoms with Crippen LogP contribution in [0.15, 0.2) is 4.52 Å². The molecule has 1 rings (SSSR count). The van der Waals surface area contributed by atoms with Crippen molar-refractivity contribution in [1.29, 1.82) is 5.26 Å². The zero-order chi connectivity index (χ0) is 8.48. The lowest BCUT2D eigenvalue weighted by atomic mass is 9.97. The third-order valence-corrected chi connectivity index (χ3v) is 1.17. The molecule has 0 bridgehead atoms. The molecule has 0 aliphatic heterocycles. The van der Waals surface area contributed by atoms with Gasteiger partial charge in [-0.05, 0) is 5.16 Å². The van der Waals surface area contributed by atoms with Crippen LogP contribution in [-0.2, 0) is 5.41 Å². The molecule has 0 aromatic carbocycles.